The van der Waals surface area contributed by atoms with Crippen LogP contribution in [0.5, 0.6) is 0 Å². The number of hydrogen-bond donors (Lipinski definition) is 2. The van der Waals surface area contributed by atoms with E-state index in [2.05, 4.69) is 10.1 Å². The molecule has 0 bridgehead atoms. The molecule has 0 spiro atoms. The maximum absolute atomic E-state index is 14.9. The second kappa shape index (κ2) is 10.1. The molecule has 0 unspecified atom stereocenters. The molecule has 1 fully saturated rings. The minimum atomic E-state index is -1.31. The topological polar surface area (TPSA) is 116 Å². The fraction of sp³-hybridized carbons (Fsp3) is 0.609. The zero-order valence-corrected chi connectivity index (χ0v) is 20.7. The van der Waals surface area contributed by atoms with Gasteiger partial charge in [0.2, 0.25) is 0 Å². The lowest BCUT2D eigenvalue weighted by atomic mass is 9.75. The highest BCUT2D eigenvalue weighted by atomic mass is 32.2. The van der Waals surface area contributed by atoms with Crippen LogP contribution in [0.4, 0.5) is 14.0 Å². The quantitative estimate of drug-likeness (QED) is 0.362. The Kier molecular flexibility index (Phi) is 7.79. The lowest BCUT2D eigenvalue weighted by molar-refractivity contribution is -0.0774. The molecule has 3 rings (SSSR count). The molecule has 2 heterocycles. The predicted molar refractivity (Wildman–Crippen MR) is 124 cm³/mol. The van der Waals surface area contributed by atoms with E-state index in [0.29, 0.717) is 22.9 Å². The third-order valence-corrected chi connectivity index (χ3v) is 6.37. The highest BCUT2D eigenvalue weighted by Gasteiger charge is 2.50. The standard InChI is InChI=1S/C23H31FN2O7S/c1-21(2,3)32-19(28)31-20(29)33-22(4,5)25-18-26-23(16-8-6-7-9-17(16)24)13-30-15(11-27)10-14(23)12-34-18/h6-9,14-15,27H,10-13H2,1-5H3,(H,25,26)/t14-,15+,23-/m0/s1. The normalized spacial score (nSPS) is 25.0. The number of benzene rings is 1. The number of aliphatic hydroxyl groups is 1. The lowest BCUT2D eigenvalue weighted by Gasteiger charge is -2.47. The van der Waals surface area contributed by atoms with E-state index in [-0.39, 0.29) is 25.2 Å². The summed E-state index contributed by atoms with van der Waals surface area (Å²) in [7, 11) is 0. The Bertz CT molecular complexity index is 949. The molecule has 0 amide bonds. The summed E-state index contributed by atoms with van der Waals surface area (Å²) in [4.78, 5) is 28.7. The number of thioether (sulfide) groups is 1. The zero-order chi connectivity index (χ0) is 25.1. The summed E-state index contributed by atoms with van der Waals surface area (Å²) in [5.41, 5.74) is -2.73. The van der Waals surface area contributed by atoms with E-state index in [1.165, 1.54) is 17.8 Å². The van der Waals surface area contributed by atoms with Crippen molar-refractivity contribution in [1.82, 2.24) is 5.32 Å². The summed E-state index contributed by atoms with van der Waals surface area (Å²) in [5, 5.41) is 13.0. The van der Waals surface area contributed by atoms with Gasteiger partial charge < -0.3 is 29.4 Å². The first-order chi connectivity index (χ1) is 15.8. The smallest absolute Gasteiger partial charge is 0.428 e. The fourth-order valence-electron chi connectivity index (χ4n) is 3.88. The van der Waals surface area contributed by atoms with Crippen molar-refractivity contribution in [2.45, 2.75) is 64.0 Å². The van der Waals surface area contributed by atoms with Gasteiger partial charge in [-0.15, -0.1) is 0 Å². The second-order valence-corrected chi connectivity index (χ2v) is 10.7. The number of hydrogen-bond acceptors (Lipinski definition) is 10. The number of aliphatic hydroxyl groups excluding tert-OH is 1. The first-order valence-electron chi connectivity index (χ1n) is 11.0. The molecule has 9 nitrogen and oxygen atoms in total. The molecule has 0 saturated carbocycles. The Morgan fingerprint density at radius 3 is 2.56 bits per heavy atom. The number of aliphatic imine (C=N–C) groups is 1. The largest absolute Gasteiger partial charge is 0.520 e. The highest BCUT2D eigenvalue weighted by molar-refractivity contribution is 8.13. The van der Waals surface area contributed by atoms with Gasteiger partial charge in [-0.05, 0) is 47.1 Å². The number of rotatable bonds is 4. The van der Waals surface area contributed by atoms with Crippen molar-refractivity contribution in [3.8, 4) is 0 Å². The summed E-state index contributed by atoms with van der Waals surface area (Å²) in [6, 6.07) is 6.41. The van der Waals surface area contributed by atoms with Gasteiger partial charge >= 0.3 is 12.3 Å². The van der Waals surface area contributed by atoms with Crippen LogP contribution in [0.3, 0.4) is 0 Å². The molecule has 2 aliphatic heterocycles. The van der Waals surface area contributed by atoms with Crippen molar-refractivity contribution in [3.63, 3.8) is 0 Å². The van der Waals surface area contributed by atoms with E-state index >= 15 is 0 Å². The van der Waals surface area contributed by atoms with Gasteiger partial charge in [0.15, 0.2) is 10.9 Å². The summed E-state index contributed by atoms with van der Waals surface area (Å²) >= 11 is 1.39. The molecular weight excluding hydrogens is 467 g/mol. The Hall–Kier alpha value is -2.37. The molecule has 11 heteroatoms. The molecule has 2 aliphatic rings. The van der Waals surface area contributed by atoms with Crippen LogP contribution in [-0.4, -0.2) is 59.0 Å². The molecule has 1 aromatic rings. The fourth-order valence-corrected chi connectivity index (χ4v) is 5.19. The van der Waals surface area contributed by atoms with Gasteiger partial charge in [0.05, 0.1) is 19.3 Å². The minimum Gasteiger partial charge on any atom is -0.428 e. The van der Waals surface area contributed by atoms with E-state index < -0.39 is 35.0 Å². The molecule has 34 heavy (non-hydrogen) atoms. The minimum absolute atomic E-state index is 0.0768. The summed E-state index contributed by atoms with van der Waals surface area (Å²) in [6.45, 7) is 8.02. The maximum atomic E-state index is 14.9. The van der Waals surface area contributed by atoms with Crippen molar-refractivity contribution >= 4 is 29.2 Å². The van der Waals surface area contributed by atoms with Crippen LogP contribution in [0.2, 0.25) is 0 Å². The van der Waals surface area contributed by atoms with Crippen LogP contribution < -0.4 is 5.32 Å². The van der Waals surface area contributed by atoms with Gasteiger partial charge in [-0.1, -0.05) is 30.0 Å². The molecule has 1 saturated heterocycles. The number of ether oxygens (including phenoxy) is 4. The van der Waals surface area contributed by atoms with Crippen molar-refractivity contribution in [1.29, 1.82) is 0 Å². The van der Waals surface area contributed by atoms with E-state index in [1.807, 2.05) is 0 Å². The number of halogens is 1. The number of nitrogens with zero attached hydrogens (tertiary/aromatic N) is 1. The van der Waals surface area contributed by atoms with Gasteiger partial charge in [0.25, 0.3) is 0 Å². The maximum Gasteiger partial charge on any atom is 0.520 e. The van der Waals surface area contributed by atoms with Gasteiger partial charge in [-0.3, -0.25) is 0 Å². The number of carbonyl (C=O) groups excluding carboxylic acids is 2. The Morgan fingerprint density at radius 2 is 1.91 bits per heavy atom. The van der Waals surface area contributed by atoms with E-state index in [1.54, 1.807) is 52.8 Å². The Balaban J connectivity index is 1.78. The molecule has 3 atom stereocenters. The molecule has 1 aromatic carbocycles. The van der Waals surface area contributed by atoms with Crippen molar-refractivity contribution in [2.24, 2.45) is 10.9 Å². The summed E-state index contributed by atoms with van der Waals surface area (Å²) < 4.78 is 35.4. The molecule has 188 valence electrons. The number of amidine groups is 1. The Morgan fingerprint density at radius 1 is 1.24 bits per heavy atom. The molecule has 0 aromatic heterocycles. The SMILES string of the molecule is CC(C)(C)OC(=O)OC(=O)OC(C)(C)NC1=N[C@@]2(c3ccccc3F)CO[C@@H](CO)C[C@H]2CS1. The first-order valence-corrected chi connectivity index (χ1v) is 11.9. The predicted octanol–water partition coefficient (Wildman–Crippen LogP) is 3.94. The molecule has 2 N–H and O–H groups in total. The van der Waals surface area contributed by atoms with Gasteiger partial charge in [-0.25, -0.2) is 19.0 Å². The van der Waals surface area contributed by atoms with Gasteiger partial charge in [-0.2, -0.15) is 0 Å². The van der Waals surface area contributed by atoms with Crippen molar-refractivity contribution in [2.75, 3.05) is 19.0 Å². The average Bonchev–Trinajstić information content (AvgIpc) is 2.71. The van der Waals surface area contributed by atoms with Crippen molar-refractivity contribution < 1.29 is 38.0 Å². The van der Waals surface area contributed by atoms with E-state index in [9.17, 15) is 19.1 Å². The van der Waals surface area contributed by atoms with E-state index in [0.717, 1.165) is 0 Å². The first kappa shape index (κ1) is 26.2. The van der Waals surface area contributed by atoms with Crippen LogP contribution in [0, 0.1) is 11.7 Å². The monoisotopic (exact) mass is 498 g/mol. The second-order valence-electron chi connectivity index (χ2n) is 9.73. The summed E-state index contributed by atoms with van der Waals surface area (Å²) in [5.74, 6) is 0.107. The number of carbonyl (C=O) groups is 2. The average molecular weight is 499 g/mol. The van der Waals surface area contributed by atoms with Crippen LogP contribution in [0.1, 0.15) is 46.6 Å². The number of nitrogens with one attached hydrogen (secondary N) is 1. The van der Waals surface area contributed by atoms with Crippen LogP contribution in [0.15, 0.2) is 29.3 Å². The van der Waals surface area contributed by atoms with Crippen molar-refractivity contribution in [3.05, 3.63) is 35.6 Å². The third-order valence-electron chi connectivity index (χ3n) is 5.33. The third kappa shape index (κ3) is 6.39. The van der Waals surface area contributed by atoms with Crippen LogP contribution in [-0.2, 0) is 24.5 Å². The highest BCUT2D eigenvalue weighted by Crippen LogP contribution is 2.46. The van der Waals surface area contributed by atoms with Crippen LogP contribution >= 0.6 is 11.8 Å². The summed E-state index contributed by atoms with van der Waals surface area (Å²) in [6.07, 6.45) is -2.22. The molecule has 0 aliphatic carbocycles. The van der Waals surface area contributed by atoms with Gasteiger partial charge in [0, 0.05) is 17.2 Å². The molecule has 0 radical (unpaired) electrons. The number of fused-ring (bicyclic) bond motifs is 1. The Labute approximate surface area is 202 Å². The van der Waals surface area contributed by atoms with E-state index in [4.69, 9.17) is 19.2 Å². The van der Waals surface area contributed by atoms with Crippen LogP contribution in [0.25, 0.3) is 0 Å². The van der Waals surface area contributed by atoms with Gasteiger partial charge in [0.1, 0.15) is 17.0 Å². The lowest BCUT2D eigenvalue weighted by Crippen LogP contribution is -2.54. The zero-order valence-electron chi connectivity index (χ0n) is 19.9. The molecular formula is C23H31FN2O7S.